The van der Waals surface area contributed by atoms with Crippen molar-refractivity contribution < 1.29 is 0 Å². The molecule has 0 fully saturated rings. The van der Waals surface area contributed by atoms with E-state index in [-0.39, 0.29) is 5.41 Å². The molecule has 1 aliphatic rings. The summed E-state index contributed by atoms with van der Waals surface area (Å²) in [6.07, 6.45) is 0. The highest BCUT2D eigenvalue weighted by Crippen LogP contribution is 2.53. The standard InChI is InChI=1S/C59H43N/c1-59(2)55-26-14-13-24-51(55)52-37-32-45(39-56(52)59)58-53(54-38-44-20-9-10-21-48(44)49-22-11-12-23-50(49)54)25-15-27-57(58)60(46-33-28-42(29-34-46)40-16-5-3-6-17-40)47-35-30-43(31-36-47)41-18-7-4-8-19-41/h3-39H,1-2H3. The summed E-state index contributed by atoms with van der Waals surface area (Å²) in [6.45, 7) is 4.75. The summed E-state index contributed by atoms with van der Waals surface area (Å²) >= 11 is 0. The van der Waals surface area contributed by atoms with Crippen LogP contribution in [0.15, 0.2) is 224 Å². The predicted molar refractivity (Wildman–Crippen MR) is 255 cm³/mol. The highest BCUT2D eigenvalue weighted by Gasteiger charge is 2.36. The van der Waals surface area contributed by atoms with Crippen LogP contribution in [0.5, 0.6) is 0 Å². The first-order valence-electron chi connectivity index (χ1n) is 20.9. The Morgan fingerprint density at radius 1 is 0.317 bits per heavy atom. The zero-order chi connectivity index (χ0) is 40.2. The number of nitrogens with zero attached hydrogens (tertiary/aromatic N) is 1. The van der Waals surface area contributed by atoms with Crippen LogP contribution in [0, 0.1) is 0 Å². The van der Waals surface area contributed by atoms with Gasteiger partial charge in [-0.05, 0) is 125 Å². The maximum atomic E-state index is 2.48. The van der Waals surface area contributed by atoms with Gasteiger partial charge in [-0.3, -0.25) is 0 Å². The van der Waals surface area contributed by atoms with Gasteiger partial charge in [-0.25, -0.2) is 0 Å². The number of fused-ring (bicyclic) bond motifs is 6. The van der Waals surface area contributed by atoms with Crippen LogP contribution in [0.4, 0.5) is 17.1 Å². The summed E-state index contributed by atoms with van der Waals surface area (Å²) in [5.74, 6) is 0. The van der Waals surface area contributed by atoms with Crippen LogP contribution in [-0.4, -0.2) is 0 Å². The molecule has 0 amide bonds. The van der Waals surface area contributed by atoms with Crippen molar-refractivity contribution in [2.24, 2.45) is 0 Å². The van der Waals surface area contributed by atoms with E-state index in [1.807, 2.05) is 0 Å². The second-order valence-corrected chi connectivity index (χ2v) is 16.5. The molecule has 0 saturated carbocycles. The van der Waals surface area contributed by atoms with Gasteiger partial charge in [-0.1, -0.05) is 196 Å². The van der Waals surface area contributed by atoms with Crippen molar-refractivity contribution in [1.29, 1.82) is 0 Å². The van der Waals surface area contributed by atoms with Crippen LogP contribution in [0.1, 0.15) is 25.0 Å². The minimum Gasteiger partial charge on any atom is -0.310 e. The van der Waals surface area contributed by atoms with Crippen LogP contribution in [-0.2, 0) is 5.41 Å². The largest absolute Gasteiger partial charge is 0.310 e. The Bertz CT molecular complexity index is 3110. The van der Waals surface area contributed by atoms with Gasteiger partial charge in [0, 0.05) is 22.4 Å². The summed E-state index contributed by atoms with van der Waals surface area (Å²) in [7, 11) is 0. The molecule has 284 valence electrons. The molecule has 11 rings (SSSR count). The summed E-state index contributed by atoms with van der Waals surface area (Å²) < 4.78 is 0. The van der Waals surface area contributed by atoms with Crippen LogP contribution in [0.2, 0.25) is 0 Å². The molecule has 0 aromatic heterocycles. The average molecular weight is 766 g/mol. The molecule has 1 aliphatic carbocycles. The molecular weight excluding hydrogens is 723 g/mol. The molecule has 1 nitrogen and oxygen atoms in total. The molecule has 60 heavy (non-hydrogen) atoms. The Balaban J connectivity index is 1.19. The fourth-order valence-electron chi connectivity index (χ4n) is 9.69. The van der Waals surface area contributed by atoms with E-state index in [9.17, 15) is 0 Å². The maximum absolute atomic E-state index is 2.48. The van der Waals surface area contributed by atoms with E-state index < -0.39 is 0 Å². The van der Waals surface area contributed by atoms with E-state index in [1.54, 1.807) is 0 Å². The van der Waals surface area contributed by atoms with Gasteiger partial charge < -0.3 is 4.90 Å². The first-order chi connectivity index (χ1) is 29.5. The topological polar surface area (TPSA) is 3.24 Å². The van der Waals surface area contributed by atoms with Crippen LogP contribution >= 0.6 is 0 Å². The molecule has 0 radical (unpaired) electrons. The Morgan fingerprint density at radius 2 is 0.817 bits per heavy atom. The van der Waals surface area contributed by atoms with Gasteiger partial charge in [0.15, 0.2) is 0 Å². The van der Waals surface area contributed by atoms with Crippen molar-refractivity contribution >= 4 is 38.6 Å². The summed E-state index contributed by atoms with van der Waals surface area (Å²) in [6, 6.07) is 82.5. The highest BCUT2D eigenvalue weighted by molar-refractivity contribution is 6.15. The molecule has 0 unspecified atom stereocenters. The van der Waals surface area contributed by atoms with Crippen molar-refractivity contribution in [2.75, 3.05) is 4.90 Å². The van der Waals surface area contributed by atoms with Crippen LogP contribution in [0.3, 0.4) is 0 Å². The number of hydrogen-bond donors (Lipinski definition) is 0. The molecule has 0 aliphatic heterocycles. The van der Waals surface area contributed by atoms with Gasteiger partial charge in [-0.15, -0.1) is 0 Å². The third kappa shape index (κ3) is 5.93. The Kier molecular flexibility index (Phi) is 8.57. The lowest BCUT2D eigenvalue weighted by molar-refractivity contribution is 0.660. The summed E-state index contributed by atoms with van der Waals surface area (Å²) in [4.78, 5) is 2.46. The zero-order valence-corrected chi connectivity index (χ0v) is 33.8. The lowest BCUT2D eigenvalue weighted by Gasteiger charge is -2.30. The first kappa shape index (κ1) is 35.7. The van der Waals surface area contributed by atoms with Crippen LogP contribution in [0.25, 0.3) is 77.2 Å². The van der Waals surface area contributed by atoms with E-state index in [1.165, 1.54) is 88.3 Å². The lowest BCUT2D eigenvalue weighted by Crippen LogP contribution is -2.15. The number of benzene rings is 10. The van der Waals surface area contributed by atoms with Crippen LogP contribution < -0.4 is 4.90 Å². The molecule has 10 aromatic carbocycles. The molecule has 10 aromatic rings. The Morgan fingerprint density at radius 3 is 1.48 bits per heavy atom. The van der Waals surface area contributed by atoms with Gasteiger partial charge >= 0.3 is 0 Å². The third-order valence-electron chi connectivity index (χ3n) is 12.7. The summed E-state index contributed by atoms with van der Waals surface area (Å²) in [5, 5.41) is 5.01. The Labute approximate surface area is 352 Å². The van der Waals surface area contributed by atoms with Crippen molar-refractivity contribution in [3.05, 3.63) is 236 Å². The molecule has 0 atom stereocenters. The smallest absolute Gasteiger partial charge is 0.0546 e. The van der Waals surface area contributed by atoms with Crippen molar-refractivity contribution in [3.8, 4) is 55.6 Å². The van der Waals surface area contributed by atoms with Crippen molar-refractivity contribution in [1.82, 2.24) is 0 Å². The minimum absolute atomic E-state index is 0.146. The third-order valence-corrected chi connectivity index (χ3v) is 12.7. The van der Waals surface area contributed by atoms with Gasteiger partial charge in [0.05, 0.1) is 5.69 Å². The van der Waals surface area contributed by atoms with Gasteiger partial charge in [0.25, 0.3) is 0 Å². The minimum atomic E-state index is -0.146. The molecule has 0 N–H and O–H groups in total. The number of rotatable bonds is 7. The normalized spacial score (nSPS) is 12.6. The molecular formula is C59H43N. The quantitative estimate of drug-likeness (QED) is 0.146. The van der Waals surface area contributed by atoms with E-state index in [0.29, 0.717) is 0 Å². The second-order valence-electron chi connectivity index (χ2n) is 16.5. The second kappa shape index (κ2) is 14.4. The van der Waals surface area contributed by atoms with E-state index >= 15 is 0 Å². The van der Waals surface area contributed by atoms with E-state index in [0.717, 1.165) is 17.1 Å². The SMILES string of the molecule is CC1(C)c2ccccc2-c2ccc(-c3c(-c4cc5ccccc5c5ccccc45)cccc3N(c3ccc(-c4ccccc4)cc3)c3ccc(-c4ccccc4)cc3)cc21. The lowest BCUT2D eigenvalue weighted by atomic mass is 9.80. The Hall–Kier alpha value is -7.48. The number of hydrogen-bond acceptors (Lipinski definition) is 1. The predicted octanol–water partition coefficient (Wildman–Crippen LogP) is 16.4. The average Bonchev–Trinajstić information content (AvgIpc) is 3.55. The molecule has 1 heteroatoms. The fourth-order valence-corrected chi connectivity index (χ4v) is 9.69. The molecule has 0 spiro atoms. The van der Waals surface area contributed by atoms with Gasteiger partial charge in [0.2, 0.25) is 0 Å². The molecule has 0 heterocycles. The van der Waals surface area contributed by atoms with E-state index in [4.69, 9.17) is 0 Å². The summed E-state index contributed by atoms with van der Waals surface area (Å²) in [5.41, 5.74) is 18.2. The molecule has 0 bridgehead atoms. The van der Waals surface area contributed by atoms with Crippen molar-refractivity contribution in [3.63, 3.8) is 0 Å². The van der Waals surface area contributed by atoms with Gasteiger partial charge in [0.1, 0.15) is 0 Å². The number of anilines is 3. The maximum Gasteiger partial charge on any atom is 0.0546 e. The zero-order valence-electron chi connectivity index (χ0n) is 33.8. The molecule has 0 saturated heterocycles. The van der Waals surface area contributed by atoms with E-state index in [2.05, 4.69) is 243 Å². The highest BCUT2D eigenvalue weighted by atomic mass is 15.1. The van der Waals surface area contributed by atoms with Crippen molar-refractivity contribution in [2.45, 2.75) is 19.3 Å². The fraction of sp³-hybridized carbons (Fsp3) is 0.0508. The first-order valence-corrected chi connectivity index (χ1v) is 20.9. The monoisotopic (exact) mass is 765 g/mol. The van der Waals surface area contributed by atoms with Gasteiger partial charge in [-0.2, -0.15) is 0 Å².